The van der Waals surface area contributed by atoms with E-state index in [1.807, 2.05) is 30.3 Å². The van der Waals surface area contributed by atoms with E-state index in [2.05, 4.69) is 35.9 Å². The maximum absolute atomic E-state index is 13.5. The quantitative estimate of drug-likeness (QED) is 0.266. The Morgan fingerprint density at radius 3 is 2.41 bits per heavy atom. The van der Waals surface area contributed by atoms with Crippen molar-refractivity contribution in [2.75, 3.05) is 37.1 Å². The van der Waals surface area contributed by atoms with Crippen molar-refractivity contribution >= 4 is 23.7 Å². The molecule has 246 valence electrons. The predicted octanol–water partition coefficient (Wildman–Crippen LogP) is 3.72. The molecule has 0 bridgehead atoms. The zero-order chi connectivity index (χ0) is 32.5. The summed E-state index contributed by atoms with van der Waals surface area (Å²) in [4.78, 5) is 43.2. The molecule has 3 heterocycles. The Bertz CT molecular complexity index is 1450. The number of nitrogens with one attached hydrogen (secondary N) is 3. The third kappa shape index (κ3) is 8.71. The fourth-order valence-corrected chi connectivity index (χ4v) is 5.02. The molecule has 2 aromatic heterocycles. The lowest BCUT2D eigenvalue weighted by Crippen LogP contribution is -2.49. The number of carbonyl (C=O) groups excluding carboxylic acids is 2. The number of ether oxygens (including phenoxy) is 3. The molecule has 1 aliphatic carbocycles. The van der Waals surface area contributed by atoms with E-state index in [9.17, 15) is 22.8 Å². The van der Waals surface area contributed by atoms with Crippen molar-refractivity contribution in [1.29, 1.82) is 0 Å². The second kappa shape index (κ2) is 15.0. The van der Waals surface area contributed by atoms with Crippen molar-refractivity contribution in [1.82, 2.24) is 30.6 Å². The molecule has 2 aliphatic rings. The number of nitrogens with zero attached hydrogens (tertiary/aromatic N) is 5. The molecule has 1 saturated heterocycles. The van der Waals surface area contributed by atoms with Crippen LogP contribution in [0.2, 0.25) is 0 Å². The fraction of sp³-hybridized carbons (Fsp3) is 0.467. The molecule has 3 N–H and O–H groups in total. The lowest BCUT2D eigenvalue weighted by molar-refractivity contribution is -0.142. The van der Waals surface area contributed by atoms with Crippen LogP contribution < -0.4 is 30.3 Å². The van der Waals surface area contributed by atoms with Crippen molar-refractivity contribution in [2.45, 2.75) is 63.0 Å². The molecule has 0 atom stereocenters. The molecule has 16 heteroatoms. The molecular weight excluding hydrogens is 609 g/mol. The summed E-state index contributed by atoms with van der Waals surface area (Å²) in [6.45, 7) is 0.823. The van der Waals surface area contributed by atoms with Gasteiger partial charge in [-0.15, -0.1) is 0 Å². The van der Waals surface area contributed by atoms with Crippen LogP contribution >= 0.6 is 0 Å². The summed E-state index contributed by atoms with van der Waals surface area (Å²) in [5, 5.41) is 8.60. The van der Waals surface area contributed by atoms with Crippen LogP contribution in [-0.4, -0.2) is 76.9 Å². The normalized spacial score (nSPS) is 18.2. The summed E-state index contributed by atoms with van der Waals surface area (Å²) < 4.78 is 56.5. The van der Waals surface area contributed by atoms with Gasteiger partial charge in [0.25, 0.3) is 0 Å². The Labute approximate surface area is 263 Å². The number of benzene rings is 1. The van der Waals surface area contributed by atoms with Crippen molar-refractivity contribution in [3.63, 3.8) is 0 Å². The van der Waals surface area contributed by atoms with Gasteiger partial charge in [-0.2, -0.15) is 18.2 Å². The average Bonchev–Trinajstić information content (AvgIpc) is 3.03. The van der Waals surface area contributed by atoms with Gasteiger partial charge in [0.1, 0.15) is 11.7 Å². The Morgan fingerprint density at radius 1 is 1.02 bits per heavy atom. The fourth-order valence-electron chi connectivity index (χ4n) is 5.02. The molecule has 2 fully saturated rings. The van der Waals surface area contributed by atoms with Crippen LogP contribution in [0, 0.1) is 0 Å². The third-order valence-electron chi connectivity index (χ3n) is 7.56. The summed E-state index contributed by atoms with van der Waals surface area (Å²) in [6.07, 6.45) is 0.859. The van der Waals surface area contributed by atoms with Crippen molar-refractivity contribution < 1.29 is 37.0 Å². The number of hydrogen-bond donors (Lipinski definition) is 3. The van der Waals surface area contributed by atoms with Crippen LogP contribution in [0.4, 0.5) is 29.7 Å². The first-order valence-electron chi connectivity index (χ1n) is 14.9. The van der Waals surface area contributed by atoms with Crippen LogP contribution in [0.15, 0.2) is 48.9 Å². The first-order valence-corrected chi connectivity index (χ1v) is 14.9. The van der Waals surface area contributed by atoms with Gasteiger partial charge < -0.3 is 30.2 Å². The van der Waals surface area contributed by atoms with Gasteiger partial charge >= 0.3 is 12.2 Å². The van der Waals surface area contributed by atoms with E-state index >= 15 is 0 Å². The van der Waals surface area contributed by atoms with Gasteiger partial charge in [-0.05, 0) is 31.2 Å². The minimum Gasteiger partial charge on any atom is -0.476 e. The maximum atomic E-state index is 13.5. The van der Waals surface area contributed by atoms with E-state index in [0.717, 1.165) is 11.8 Å². The summed E-state index contributed by atoms with van der Waals surface area (Å²) >= 11 is 0. The SMILES string of the molecule is CNC(=O)CCOc1cnc(N(C(=O)NCc2ccccc2)[C@H]2CC[C@H](Nc3ncc(C(F)(F)F)c(OC4COC4)n3)CC2)cn1. The first kappa shape index (κ1) is 32.7. The topological polar surface area (TPSA) is 153 Å². The molecule has 5 rings (SSSR count). The Morgan fingerprint density at radius 2 is 1.78 bits per heavy atom. The van der Waals surface area contributed by atoms with E-state index in [1.165, 1.54) is 19.4 Å². The highest BCUT2D eigenvalue weighted by Gasteiger charge is 2.38. The highest BCUT2D eigenvalue weighted by atomic mass is 19.4. The van der Waals surface area contributed by atoms with E-state index in [0.29, 0.717) is 38.0 Å². The summed E-state index contributed by atoms with van der Waals surface area (Å²) in [5.41, 5.74) is -0.116. The van der Waals surface area contributed by atoms with Gasteiger partial charge in [-0.3, -0.25) is 9.69 Å². The van der Waals surface area contributed by atoms with E-state index in [-0.39, 0.29) is 62.1 Å². The third-order valence-corrected chi connectivity index (χ3v) is 7.56. The van der Waals surface area contributed by atoms with Gasteiger partial charge in [0, 0.05) is 31.9 Å². The Kier molecular flexibility index (Phi) is 10.7. The molecule has 1 aliphatic heterocycles. The Balaban J connectivity index is 1.24. The van der Waals surface area contributed by atoms with E-state index in [4.69, 9.17) is 14.2 Å². The molecule has 0 unspecified atom stereocenters. The molecule has 3 amide bonds. The lowest BCUT2D eigenvalue weighted by atomic mass is 9.90. The largest absolute Gasteiger partial charge is 0.476 e. The molecule has 1 aromatic carbocycles. The molecular formula is C30H35F3N8O5. The molecule has 46 heavy (non-hydrogen) atoms. The van der Waals surface area contributed by atoms with Gasteiger partial charge in [0.05, 0.1) is 38.6 Å². The predicted molar refractivity (Wildman–Crippen MR) is 159 cm³/mol. The average molecular weight is 645 g/mol. The van der Waals surface area contributed by atoms with Crippen molar-refractivity contribution in [3.8, 4) is 11.8 Å². The lowest BCUT2D eigenvalue weighted by Gasteiger charge is -2.36. The zero-order valence-electron chi connectivity index (χ0n) is 25.1. The molecule has 13 nitrogen and oxygen atoms in total. The van der Waals surface area contributed by atoms with Gasteiger partial charge in [0.15, 0.2) is 5.82 Å². The molecule has 1 saturated carbocycles. The highest BCUT2D eigenvalue weighted by molar-refractivity contribution is 5.91. The molecule has 3 aromatic rings. The van der Waals surface area contributed by atoms with E-state index < -0.39 is 23.7 Å². The number of amides is 3. The molecule has 0 radical (unpaired) electrons. The van der Waals surface area contributed by atoms with Crippen LogP contribution in [-0.2, 0) is 22.3 Å². The van der Waals surface area contributed by atoms with Crippen molar-refractivity contribution in [3.05, 3.63) is 60.0 Å². The highest BCUT2D eigenvalue weighted by Crippen LogP contribution is 2.36. The van der Waals surface area contributed by atoms with Crippen LogP contribution in [0.5, 0.6) is 11.8 Å². The number of alkyl halides is 3. The minimum atomic E-state index is -4.67. The van der Waals surface area contributed by atoms with Gasteiger partial charge in [0.2, 0.25) is 23.6 Å². The summed E-state index contributed by atoms with van der Waals surface area (Å²) in [5.74, 6) is -0.128. The number of anilines is 2. The van der Waals surface area contributed by atoms with Gasteiger partial charge in [-0.25, -0.2) is 19.7 Å². The maximum Gasteiger partial charge on any atom is 0.423 e. The minimum absolute atomic E-state index is 0.0297. The van der Waals surface area contributed by atoms with E-state index in [1.54, 1.807) is 4.90 Å². The number of aromatic nitrogens is 4. The molecule has 0 spiro atoms. The summed E-state index contributed by atoms with van der Waals surface area (Å²) in [7, 11) is 1.54. The number of hydrogen-bond acceptors (Lipinski definition) is 10. The number of urea groups is 1. The number of halogens is 3. The van der Waals surface area contributed by atoms with Crippen LogP contribution in [0.3, 0.4) is 0 Å². The Hall–Kier alpha value is -4.73. The smallest absolute Gasteiger partial charge is 0.423 e. The standard InChI is InChI=1S/C30H35F3N8O5/c1-34-25(42)11-12-45-26-16-35-24(15-36-26)41(29(43)38-13-19-5-3-2-4-6-19)21-9-7-20(8-10-21)39-28-37-14-23(30(31,32)33)27(40-28)46-22-17-44-18-22/h2-6,14-16,20-22H,7-13,17-18H2,1H3,(H,34,42)(H,38,43)(H,37,39,40)/t20-,21-. The van der Waals surface area contributed by atoms with Crippen molar-refractivity contribution in [2.24, 2.45) is 0 Å². The van der Waals surface area contributed by atoms with Crippen LogP contribution in [0.25, 0.3) is 0 Å². The number of rotatable bonds is 12. The second-order valence-electron chi connectivity index (χ2n) is 10.8. The number of carbonyl (C=O) groups is 2. The first-order chi connectivity index (χ1) is 22.2. The second-order valence-corrected chi connectivity index (χ2v) is 10.8. The van der Waals surface area contributed by atoms with Crippen LogP contribution in [0.1, 0.15) is 43.2 Å². The summed E-state index contributed by atoms with van der Waals surface area (Å²) in [6, 6.07) is 8.75. The monoisotopic (exact) mass is 644 g/mol. The van der Waals surface area contributed by atoms with Gasteiger partial charge in [-0.1, -0.05) is 30.3 Å². The zero-order valence-corrected chi connectivity index (χ0v) is 25.1.